The molecule has 37 heavy (non-hydrogen) atoms. The van der Waals surface area contributed by atoms with Crippen molar-refractivity contribution >= 4 is 35.1 Å². The second-order valence-electron chi connectivity index (χ2n) is 8.04. The predicted octanol–water partition coefficient (Wildman–Crippen LogP) is 2.77. The summed E-state index contributed by atoms with van der Waals surface area (Å²) in [4.78, 5) is 62.0. The van der Waals surface area contributed by atoms with E-state index in [1.807, 2.05) is 0 Å². The lowest BCUT2D eigenvalue weighted by Gasteiger charge is -2.23. The van der Waals surface area contributed by atoms with E-state index in [9.17, 15) is 28.4 Å². The lowest BCUT2D eigenvalue weighted by Crippen LogP contribution is -2.47. The van der Waals surface area contributed by atoms with Gasteiger partial charge in [-0.1, -0.05) is 48.5 Å². The molecule has 10 nitrogen and oxygen atoms in total. The quantitative estimate of drug-likeness (QED) is 0.313. The number of carbonyl (C=O) groups excluding carboxylic acids is 3. The van der Waals surface area contributed by atoms with Crippen LogP contribution in [0.15, 0.2) is 83.8 Å². The number of alkyl halides is 1. The average molecular weight is 509 g/mol. The van der Waals surface area contributed by atoms with Gasteiger partial charge in [0.15, 0.2) is 5.78 Å². The fourth-order valence-corrected chi connectivity index (χ4v) is 3.59. The first-order valence-corrected chi connectivity index (χ1v) is 11.3. The number of carboxylic acids is 1. The molecule has 3 rings (SSSR count). The Morgan fingerprint density at radius 2 is 1.54 bits per heavy atom. The number of ketones is 1. The highest BCUT2D eigenvalue weighted by Gasteiger charge is 2.29. The zero-order valence-corrected chi connectivity index (χ0v) is 19.6. The number of para-hydroxylation sites is 1. The van der Waals surface area contributed by atoms with E-state index in [2.05, 4.69) is 16.0 Å². The molecule has 2 unspecified atom stereocenters. The van der Waals surface area contributed by atoms with Crippen LogP contribution in [0.2, 0.25) is 0 Å². The second-order valence-corrected chi connectivity index (χ2v) is 8.04. The molecule has 4 N–H and O–H groups in total. The summed E-state index contributed by atoms with van der Waals surface area (Å²) in [7, 11) is 0. The number of anilines is 2. The Hall–Kier alpha value is -4.80. The summed E-state index contributed by atoms with van der Waals surface area (Å²) < 4.78 is 14.1. The number of carboxylic acid groups (broad SMARTS) is 1. The molecule has 0 aliphatic heterocycles. The Labute approximate surface area is 211 Å². The van der Waals surface area contributed by atoms with E-state index in [0.717, 1.165) is 4.57 Å². The smallest absolute Gasteiger partial charge is 0.323 e. The van der Waals surface area contributed by atoms with Gasteiger partial charge >= 0.3 is 12.0 Å². The summed E-state index contributed by atoms with van der Waals surface area (Å²) in [6.45, 7) is -1.46. The maximum Gasteiger partial charge on any atom is 0.323 e. The van der Waals surface area contributed by atoms with Gasteiger partial charge in [0.1, 0.15) is 24.4 Å². The number of aromatic nitrogens is 1. The third kappa shape index (κ3) is 7.59. The Morgan fingerprint density at radius 3 is 2.16 bits per heavy atom. The second kappa shape index (κ2) is 12.8. The Balaban J connectivity index is 1.91. The van der Waals surface area contributed by atoms with Crippen molar-refractivity contribution < 1.29 is 28.7 Å². The van der Waals surface area contributed by atoms with Gasteiger partial charge in [-0.15, -0.1) is 0 Å². The topological polar surface area (TPSA) is 147 Å². The molecule has 0 radical (unpaired) electrons. The SMILES string of the molecule is O=C(O)CC(NC(=O)C(Cc1ccccc1)n1cccc(NC(=O)Nc2ccccc2)c1=O)C(=O)CF. The molecule has 0 aliphatic carbocycles. The fraction of sp³-hybridized carbons (Fsp3) is 0.192. The van der Waals surface area contributed by atoms with E-state index in [1.165, 1.54) is 18.3 Å². The lowest BCUT2D eigenvalue weighted by atomic mass is 10.0. The van der Waals surface area contributed by atoms with Crippen LogP contribution in [0.4, 0.5) is 20.6 Å². The number of amides is 3. The van der Waals surface area contributed by atoms with Crippen LogP contribution in [0, 0.1) is 0 Å². The number of aliphatic carboxylic acids is 1. The first-order chi connectivity index (χ1) is 17.8. The fourth-order valence-electron chi connectivity index (χ4n) is 3.59. The van der Waals surface area contributed by atoms with Gasteiger partial charge in [0.2, 0.25) is 5.91 Å². The monoisotopic (exact) mass is 508 g/mol. The van der Waals surface area contributed by atoms with E-state index in [0.29, 0.717) is 11.3 Å². The normalized spacial score (nSPS) is 12.1. The molecule has 2 aromatic carbocycles. The first-order valence-electron chi connectivity index (χ1n) is 11.3. The number of hydrogen-bond acceptors (Lipinski definition) is 5. The summed E-state index contributed by atoms with van der Waals surface area (Å²) in [6, 6.07) is 16.5. The zero-order valence-electron chi connectivity index (χ0n) is 19.6. The van der Waals surface area contributed by atoms with Crippen LogP contribution in [0.3, 0.4) is 0 Å². The van der Waals surface area contributed by atoms with Crippen molar-refractivity contribution in [3.8, 4) is 0 Å². The highest BCUT2D eigenvalue weighted by Crippen LogP contribution is 2.16. The van der Waals surface area contributed by atoms with Gasteiger partial charge in [0.25, 0.3) is 5.56 Å². The van der Waals surface area contributed by atoms with Crippen LogP contribution >= 0.6 is 0 Å². The van der Waals surface area contributed by atoms with Gasteiger partial charge in [-0.05, 0) is 29.8 Å². The minimum Gasteiger partial charge on any atom is -0.481 e. The molecule has 0 aliphatic rings. The number of Topliss-reactive ketones (excluding diaryl/α,β-unsaturated/α-hetero) is 1. The Kier molecular flexibility index (Phi) is 9.25. The van der Waals surface area contributed by atoms with Crippen LogP contribution in [0.1, 0.15) is 18.0 Å². The number of carbonyl (C=O) groups is 4. The molecule has 0 saturated heterocycles. The van der Waals surface area contributed by atoms with E-state index in [4.69, 9.17) is 5.11 Å². The van der Waals surface area contributed by atoms with Crippen molar-refractivity contribution in [3.63, 3.8) is 0 Å². The molecule has 3 aromatic rings. The summed E-state index contributed by atoms with van der Waals surface area (Å²) >= 11 is 0. The van der Waals surface area contributed by atoms with Gasteiger partial charge in [-0.2, -0.15) is 0 Å². The predicted molar refractivity (Wildman–Crippen MR) is 134 cm³/mol. The summed E-state index contributed by atoms with van der Waals surface area (Å²) in [5.41, 5.74) is 0.332. The summed E-state index contributed by atoms with van der Waals surface area (Å²) in [5.74, 6) is -3.36. The van der Waals surface area contributed by atoms with E-state index < -0.39 is 54.4 Å². The van der Waals surface area contributed by atoms with Crippen molar-refractivity contribution in [2.75, 3.05) is 17.3 Å². The van der Waals surface area contributed by atoms with Crippen LogP contribution in [0.5, 0.6) is 0 Å². The van der Waals surface area contributed by atoms with Gasteiger partial charge in [0, 0.05) is 18.3 Å². The molecule has 0 spiro atoms. The molecule has 0 saturated carbocycles. The van der Waals surface area contributed by atoms with Crippen molar-refractivity contribution in [2.24, 2.45) is 0 Å². The molecule has 3 amide bonds. The van der Waals surface area contributed by atoms with Gasteiger partial charge < -0.3 is 25.6 Å². The number of halogens is 1. The highest BCUT2D eigenvalue weighted by atomic mass is 19.1. The summed E-state index contributed by atoms with van der Waals surface area (Å²) in [6.07, 6.45) is 0.511. The molecular weight excluding hydrogens is 483 g/mol. The highest BCUT2D eigenvalue weighted by molar-refractivity contribution is 5.99. The third-order valence-electron chi connectivity index (χ3n) is 5.38. The Morgan fingerprint density at radius 1 is 0.892 bits per heavy atom. The standard InChI is InChI=1S/C26H25FN4O6/c27-16-22(32)20(15-23(33)34)29-24(35)21(14-17-8-3-1-4-9-17)31-13-7-12-19(25(31)36)30-26(37)28-18-10-5-2-6-11-18/h1-13,20-21H,14-16H2,(H,29,35)(H,33,34)(H2,28,30,37). The number of rotatable bonds is 11. The molecule has 1 heterocycles. The van der Waals surface area contributed by atoms with Gasteiger partial charge in [-0.3, -0.25) is 19.2 Å². The van der Waals surface area contributed by atoms with Crippen LogP contribution in [0.25, 0.3) is 0 Å². The zero-order chi connectivity index (χ0) is 26.8. The van der Waals surface area contributed by atoms with Gasteiger partial charge in [-0.25, -0.2) is 9.18 Å². The third-order valence-corrected chi connectivity index (χ3v) is 5.38. The molecule has 192 valence electrons. The van der Waals surface area contributed by atoms with E-state index >= 15 is 0 Å². The summed E-state index contributed by atoms with van der Waals surface area (Å²) in [5, 5.41) is 16.4. The molecule has 0 fully saturated rings. The molecule has 2 atom stereocenters. The maximum atomic E-state index is 13.3. The largest absolute Gasteiger partial charge is 0.481 e. The number of urea groups is 1. The van der Waals surface area contributed by atoms with Crippen molar-refractivity contribution in [2.45, 2.75) is 24.9 Å². The van der Waals surface area contributed by atoms with Crippen LogP contribution in [-0.2, 0) is 20.8 Å². The van der Waals surface area contributed by atoms with E-state index in [1.54, 1.807) is 60.7 Å². The Bertz CT molecular complexity index is 1310. The number of pyridine rings is 1. The van der Waals surface area contributed by atoms with Crippen LogP contribution in [-0.4, -0.2) is 46.1 Å². The number of benzene rings is 2. The number of nitrogens with zero attached hydrogens (tertiary/aromatic N) is 1. The van der Waals surface area contributed by atoms with Crippen molar-refractivity contribution in [1.29, 1.82) is 0 Å². The van der Waals surface area contributed by atoms with Gasteiger partial charge in [0.05, 0.1) is 6.42 Å². The van der Waals surface area contributed by atoms with Crippen molar-refractivity contribution in [1.82, 2.24) is 9.88 Å². The molecule has 11 heteroatoms. The molecule has 0 bridgehead atoms. The van der Waals surface area contributed by atoms with Crippen molar-refractivity contribution in [3.05, 3.63) is 94.9 Å². The van der Waals surface area contributed by atoms with E-state index in [-0.39, 0.29) is 12.1 Å². The number of nitrogens with one attached hydrogen (secondary N) is 3. The minimum absolute atomic E-state index is 0.00412. The minimum atomic E-state index is -1.61. The molecular formula is C26H25FN4O6. The number of hydrogen-bond donors (Lipinski definition) is 4. The molecule has 1 aromatic heterocycles. The maximum absolute atomic E-state index is 13.3. The lowest BCUT2D eigenvalue weighted by molar-refractivity contribution is -0.140. The first kappa shape index (κ1) is 26.8. The van der Waals surface area contributed by atoms with Crippen LogP contribution < -0.4 is 21.5 Å². The average Bonchev–Trinajstić information content (AvgIpc) is 2.88.